The number of carboxylic acid groups (broad SMARTS) is 1. The van der Waals surface area contributed by atoms with Crippen molar-refractivity contribution in [3.63, 3.8) is 0 Å². The average Bonchev–Trinajstić information content (AvgIpc) is 2.20. The van der Waals surface area contributed by atoms with E-state index in [-0.39, 0.29) is 5.97 Å². The van der Waals surface area contributed by atoms with Crippen LogP contribution in [0.4, 0.5) is 0 Å². The summed E-state index contributed by atoms with van der Waals surface area (Å²) in [6, 6.07) is 8.30. The highest BCUT2D eigenvalue weighted by Gasteiger charge is 1.96. The number of benzene rings is 1. The van der Waals surface area contributed by atoms with Crippen LogP contribution >= 0.6 is 12.9 Å². The third kappa shape index (κ3) is 6.07. The Hall–Kier alpha value is -1.49. The van der Waals surface area contributed by atoms with E-state index in [0.29, 0.717) is 5.56 Å². The van der Waals surface area contributed by atoms with Gasteiger partial charge in [0.1, 0.15) is 0 Å². The summed E-state index contributed by atoms with van der Waals surface area (Å²) in [5, 5.41) is 8.38. The van der Waals surface area contributed by atoms with Gasteiger partial charge in [0.05, 0.1) is 5.56 Å². The molecule has 0 aliphatic heterocycles. The molecule has 0 aliphatic carbocycles. The van der Waals surface area contributed by atoms with Gasteiger partial charge < -0.3 is 9.29 Å². The largest absolute Gasteiger partial charge is 0.478 e. The molecular weight excluding hydrogens is 204 g/mol. The van der Waals surface area contributed by atoms with Crippen molar-refractivity contribution in [1.29, 1.82) is 0 Å². The van der Waals surface area contributed by atoms with Gasteiger partial charge in [-0.25, -0.2) is 4.79 Å². The first-order valence-corrected chi connectivity index (χ1v) is 4.04. The highest BCUT2D eigenvalue weighted by molar-refractivity contribution is 7.75. The SMILES string of the molecule is CC(=O)OS.O=C(O)c1ccccc1. The molecule has 1 N–H and O–H groups in total. The summed E-state index contributed by atoms with van der Waals surface area (Å²) in [6.07, 6.45) is 0. The number of hydrogen-bond donors (Lipinski definition) is 2. The van der Waals surface area contributed by atoms with Gasteiger partial charge in [0.2, 0.25) is 0 Å². The average molecular weight is 214 g/mol. The topological polar surface area (TPSA) is 63.6 Å². The predicted molar refractivity (Wildman–Crippen MR) is 54.2 cm³/mol. The lowest BCUT2D eigenvalue weighted by atomic mass is 10.2. The minimum absolute atomic E-state index is 0.331. The van der Waals surface area contributed by atoms with Crippen LogP contribution in [0.5, 0.6) is 0 Å². The molecule has 5 heteroatoms. The summed E-state index contributed by atoms with van der Waals surface area (Å²) in [4.78, 5) is 19.7. The Bertz CT molecular complexity index is 297. The van der Waals surface area contributed by atoms with Crippen molar-refractivity contribution in [2.75, 3.05) is 0 Å². The fourth-order valence-electron chi connectivity index (χ4n) is 0.581. The van der Waals surface area contributed by atoms with Crippen molar-refractivity contribution < 1.29 is 18.9 Å². The quantitative estimate of drug-likeness (QED) is 0.552. The van der Waals surface area contributed by atoms with E-state index in [1.807, 2.05) is 0 Å². The summed E-state index contributed by atoms with van der Waals surface area (Å²) in [5.41, 5.74) is 0.331. The smallest absolute Gasteiger partial charge is 0.335 e. The molecule has 76 valence electrons. The second-order valence-corrected chi connectivity index (χ2v) is 2.44. The number of carboxylic acids is 1. The fourth-order valence-corrected chi connectivity index (χ4v) is 0.581. The molecule has 0 amide bonds. The Labute approximate surface area is 87.1 Å². The number of rotatable bonds is 1. The number of carbonyl (C=O) groups is 2. The van der Waals surface area contributed by atoms with Crippen LogP contribution < -0.4 is 0 Å². The predicted octanol–water partition coefficient (Wildman–Crippen LogP) is 1.78. The van der Waals surface area contributed by atoms with Gasteiger partial charge in [0.15, 0.2) is 0 Å². The molecule has 0 aliphatic rings. The fraction of sp³-hybridized carbons (Fsp3) is 0.111. The van der Waals surface area contributed by atoms with Gasteiger partial charge in [-0.1, -0.05) is 18.2 Å². The minimum Gasteiger partial charge on any atom is -0.478 e. The Morgan fingerprint density at radius 2 is 1.71 bits per heavy atom. The molecule has 14 heavy (non-hydrogen) atoms. The lowest BCUT2D eigenvalue weighted by Gasteiger charge is -1.88. The van der Waals surface area contributed by atoms with E-state index in [1.165, 1.54) is 6.92 Å². The first-order chi connectivity index (χ1) is 6.57. The van der Waals surface area contributed by atoms with Crippen LogP contribution in [-0.4, -0.2) is 17.0 Å². The van der Waals surface area contributed by atoms with Gasteiger partial charge in [-0.05, 0) is 12.1 Å². The molecule has 0 saturated carbocycles. The number of thiol groups is 1. The highest BCUT2D eigenvalue weighted by Crippen LogP contribution is 1.96. The normalized spacial score (nSPS) is 8.14. The number of carbonyl (C=O) groups excluding carboxylic acids is 1. The zero-order chi connectivity index (χ0) is 11.0. The van der Waals surface area contributed by atoms with Crippen molar-refractivity contribution in [2.45, 2.75) is 6.92 Å². The van der Waals surface area contributed by atoms with Crippen LogP contribution in [-0.2, 0) is 8.98 Å². The summed E-state index contributed by atoms with van der Waals surface area (Å²) in [5.74, 6) is -1.26. The van der Waals surface area contributed by atoms with Crippen molar-refractivity contribution >= 4 is 24.8 Å². The van der Waals surface area contributed by atoms with Crippen molar-refractivity contribution in [3.8, 4) is 0 Å². The molecule has 4 nitrogen and oxygen atoms in total. The molecule has 0 saturated heterocycles. The Morgan fingerprint density at radius 1 is 1.29 bits per heavy atom. The lowest BCUT2D eigenvalue weighted by molar-refractivity contribution is -0.130. The first-order valence-electron chi connectivity index (χ1n) is 3.68. The van der Waals surface area contributed by atoms with E-state index in [1.54, 1.807) is 30.3 Å². The molecule has 0 fully saturated rings. The van der Waals surface area contributed by atoms with Gasteiger partial charge in [0.25, 0.3) is 0 Å². The number of aromatic carboxylic acids is 1. The van der Waals surface area contributed by atoms with Crippen LogP contribution in [0.2, 0.25) is 0 Å². The van der Waals surface area contributed by atoms with Gasteiger partial charge in [-0.15, -0.1) is 0 Å². The summed E-state index contributed by atoms with van der Waals surface area (Å²) in [7, 11) is 0. The van der Waals surface area contributed by atoms with Crippen LogP contribution in [0.1, 0.15) is 17.3 Å². The Kier molecular flexibility index (Phi) is 6.22. The summed E-state index contributed by atoms with van der Waals surface area (Å²) in [6.45, 7) is 1.28. The second-order valence-electron chi connectivity index (χ2n) is 2.25. The van der Waals surface area contributed by atoms with E-state index < -0.39 is 5.97 Å². The maximum atomic E-state index is 10.2. The molecule has 0 aromatic heterocycles. The summed E-state index contributed by atoms with van der Waals surface area (Å²) >= 11 is 3.17. The van der Waals surface area contributed by atoms with Gasteiger partial charge in [-0.2, -0.15) is 0 Å². The minimum atomic E-state index is -0.879. The van der Waals surface area contributed by atoms with Gasteiger partial charge in [0, 0.05) is 19.8 Å². The Balaban J connectivity index is 0.000000292. The van der Waals surface area contributed by atoms with Crippen molar-refractivity contribution in [1.82, 2.24) is 0 Å². The van der Waals surface area contributed by atoms with Crippen LogP contribution in [0.15, 0.2) is 30.3 Å². The highest BCUT2D eigenvalue weighted by atomic mass is 32.1. The van der Waals surface area contributed by atoms with E-state index in [4.69, 9.17) is 5.11 Å². The molecule has 0 atom stereocenters. The monoisotopic (exact) mass is 214 g/mol. The van der Waals surface area contributed by atoms with E-state index >= 15 is 0 Å². The summed E-state index contributed by atoms with van der Waals surface area (Å²) < 4.78 is 3.81. The van der Waals surface area contributed by atoms with Gasteiger partial charge in [-0.3, -0.25) is 4.79 Å². The molecule has 1 aromatic carbocycles. The molecule has 0 bridgehead atoms. The molecule has 0 heterocycles. The zero-order valence-electron chi connectivity index (χ0n) is 7.51. The third-order valence-electron chi connectivity index (χ3n) is 1.15. The van der Waals surface area contributed by atoms with Crippen LogP contribution in [0.3, 0.4) is 0 Å². The van der Waals surface area contributed by atoms with Gasteiger partial charge >= 0.3 is 11.9 Å². The number of hydrogen-bond acceptors (Lipinski definition) is 4. The molecule has 0 radical (unpaired) electrons. The molecule has 1 aromatic rings. The van der Waals surface area contributed by atoms with Crippen LogP contribution in [0.25, 0.3) is 0 Å². The van der Waals surface area contributed by atoms with Crippen molar-refractivity contribution in [3.05, 3.63) is 35.9 Å². The van der Waals surface area contributed by atoms with Crippen LogP contribution in [0, 0.1) is 0 Å². The maximum absolute atomic E-state index is 10.2. The molecule has 0 unspecified atom stereocenters. The standard InChI is InChI=1S/C7H6O2.C2H4O2S/c8-7(9)6-4-2-1-3-5-6;1-2(3)4-5/h1-5H,(H,8,9);5H,1H3. The second kappa shape index (κ2) is 6.97. The first kappa shape index (κ1) is 12.5. The van der Waals surface area contributed by atoms with E-state index in [0.717, 1.165) is 0 Å². The maximum Gasteiger partial charge on any atom is 0.335 e. The molecule has 1 rings (SSSR count). The lowest BCUT2D eigenvalue weighted by Crippen LogP contribution is -1.93. The molecule has 0 spiro atoms. The Morgan fingerprint density at radius 3 is 1.93 bits per heavy atom. The van der Waals surface area contributed by atoms with Crippen molar-refractivity contribution in [2.24, 2.45) is 0 Å². The van der Waals surface area contributed by atoms with E-state index in [2.05, 4.69) is 17.1 Å². The van der Waals surface area contributed by atoms with E-state index in [9.17, 15) is 9.59 Å². The zero-order valence-corrected chi connectivity index (χ0v) is 8.40. The third-order valence-corrected chi connectivity index (χ3v) is 1.41. The molecular formula is C9H10O4S.